The van der Waals surface area contributed by atoms with Crippen LogP contribution in [0.2, 0.25) is 0 Å². The normalized spacial score (nSPS) is 12.2. The molecule has 2 aromatic carbocycles. The first-order valence-corrected chi connectivity index (χ1v) is 12.9. The maximum Gasteiger partial charge on any atom is 0.416 e. The summed E-state index contributed by atoms with van der Waals surface area (Å²) in [4.78, 5) is 0. The van der Waals surface area contributed by atoms with Gasteiger partial charge >= 0.3 is 16.6 Å². The van der Waals surface area contributed by atoms with Crippen molar-refractivity contribution in [2.75, 3.05) is 12.5 Å². The summed E-state index contributed by atoms with van der Waals surface area (Å²) in [6.07, 6.45) is -2.68. The third kappa shape index (κ3) is 6.69. The Bertz CT molecular complexity index is 1550. The summed E-state index contributed by atoms with van der Waals surface area (Å²) < 4.78 is 104. The van der Waals surface area contributed by atoms with Gasteiger partial charge in [0, 0.05) is 23.6 Å². The minimum absolute atomic E-state index is 0.00257. The molecule has 4 rings (SSSR count). The van der Waals surface area contributed by atoms with Gasteiger partial charge in [-0.15, -0.1) is 10.2 Å². The summed E-state index contributed by atoms with van der Waals surface area (Å²) in [5.41, 5.74) is -0.426. The standard InChI is InChI=1S/C10H7F3N2O3S.C9H7FN2O3S/c1-19(16,17)9-15-14-8(18-9)6-3-2-4-7(5-6)10(11,12)13;1-16(13,14)9-12-11-8(15-9)6-2-4-7(10)5-3-6/h2-5H,1H3;2-5H,1H3. The number of alkyl halides is 3. The van der Waals surface area contributed by atoms with Crippen LogP contribution in [0.5, 0.6) is 0 Å². The van der Waals surface area contributed by atoms with Crippen LogP contribution in [-0.2, 0) is 25.9 Å². The highest BCUT2D eigenvalue weighted by Crippen LogP contribution is 2.32. The van der Waals surface area contributed by atoms with Crippen molar-refractivity contribution in [3.05, 3.63) is 59.9 Å². The van der Waals surface area contributed by atoms with Crippen molar-refractivity contribution in [2.45, 2.75) is 16.6 Å². The van der Waals surface area contributed by atoms with Crippen molar-refractivity contribution in [1.29, 1.82) is 0 Å². The van der Waals surface area contributed by atoms with E-state index in [-0.39, 0.29) is 17.3 Å². The second-order valence-electron chi connectivity index (χ2n) is 6.88. The molecule has 35 heavy (non-hydrogen) atoms. The van der Waals surface area contributed by atoms with Crippen molar-refractivity contribution in [3.8, 4) is 22.9 Å². The molecule has 186 valence electrons. The molecule has 0 bridgehead atoms. The quantitative estimate of drug-likeness (QED) is 0.357. The Morgan fingerprint density at radius 2 is 1.20 bits per heavy atom. The maximum absolute atomic E-state index is 12.6. The number of benzene rings is 2. The van der Waals surface area contributed by atoms with E-state index in [4.69, 9.17) is 8.83 Å². The van der Waals surface area contributed by atoms with Crippen molar-refractivity contribution in [1.82, 2.24) is 20.4 Å². The molecule has 0 radical (unpaired) electrons. The minimum Gasteiger partial charge on any atom is -0.408 e. The Kier molecular flexibility index (Phi) is 7.07. The molecular weight excluding hydrogens is 520 g/mol. The molecule has 0 aliphatic rings. The molecule has 4 aromatic rings. The van der Waals surface area contributed by atoms with Crippen molar-refractivity contribution >= 4 is 19.7 Å². The second-order valence-corrected chi connectivity index (χ2v) is 10.7. The number of hydrogen-bond acceptors (Lipinski definition) is 10. The molecule has 0 atom stereocenters. The fraction of sp³-hybridized carbons (Fsp3) is 0.158. The molecule has 0 N–H and O–H groups in total. The van der Waals surface area contributed by atoms with E-state index in [1.807, 2.05) is 0 Å². The van der Waals surface area contributed by atoms with Gasteiger partial charge in [-0.05, 0) is 42.5 Å². The van der Waals surface area contributed by atoms with Gasteiger partial charge in [0.15, 0.2) is 0 Å². The van der Waals surface area contributed by atoms with Crippen LogP contribution in [0, 0.1) is 5.82 Å². The highest BCUT2D eigenvalue weighted by Gasteiger charge is 2.31. The van der Waals surface area contributed by atoms with Gasteiger partial charge < -0.3 is 8.83 Å². The molecule has 0 fully saturated rings. The lowest BCUT2D eigenvalue weighted by atomic mass is 10.1. The Labute approximate surface area is 195 Å². The molecule has 0 spiro atoms. The number of hydrogen-bond donors (Lipinski definition) is 0. The van der Waals surface area contributed by atoms with Crippen molar-refractivity contribution in [3.63, 3.8) is 0 Å². The van der Waals surface area contributed by atoms with Crippen LogP contribution < -0.4 is 0 Å². The number of nitrogens with zero attached hydrogens (tertiary/aromatic N) is 4. The van der Waals surface area contributed by atoms with Gasteiger partial charge in [0.2, 0.25) is 31.5 Å². The fourth-order valence-corrected chi connectivity index (χ4v) is 3.21. The molecule has 0 aliphatic heterocycles. The molecule has 16 heteroatoms. The maximum atomic E-state index is 12.6. The highest BCUT2D eigenvalue weighted by molar-refractivity contribution is 7.90. The molecule has 2 aromatic heterocycles. The monoisotopic (exact) mass is 534 g/mol. The lowest BCUT2D eigenvalue weighted by Crippen LogP contribution is -2.04. The predicted octanol–water partition coefficient (Wildman–Crippen LogP) is 3.44. The SMILES string of the molecule is CS(=O)(=O)c1nnc(-c2ccc(F)cc2)o1.CS(=O)(=O)c1nnc(-c2cccc(C(F)(F)F)c2)o1. The first-order chi connectivity index (χ1) is 16.1. The Morgan fingerprint density at radius 3 is 1.63 bits per heavy atom. The van der Waals surface area contributed by atoms with E-state index < -0.39 is 47.7 Å². The van der Waals surface area contributed by atoms with Crippen LogP contribution in [0.25, 0.3) is 22.9 Å². The molecule has 0 saturated carbocycles. The van der Waals surface area contributed by atoms with Crippen LogP contribution in [0.4, 0.5) is 17.6 Å². The summed E-state index contributed by atoms with van der Waals surface area (Å²) in [5, 5.41) is 12.5. The van der Waals surface area contributed by atoms with Crippen LogP contribution in [0.15, 0.2) is 67.8 Å². The number of rotatable bonds is 4. The van der Waals surface area contributed by atoms with Gasteiger partial charge in [-0.2, -0.15) is 13.2 Å². The van der Waals surface area contributed by atoms with Crippen LogP contribution >= 0.6 is 0 Å². The molecule has 10 nitrogen and oxygen atoms in total. The summed E-state index contributed by atoms with van der Waals surface area (Å²) in [6.45, 7) is 0. The lowest BCUT2D eigenvalue weighted by molar-refractivity contribution is -0.137. The second kappa shape index (κ2) is 9.53. The van der Waals surface area contributed by atoms with Crippen molar-refractivity contribution in [2.24, 2.45) is 0 Å². The van der Waals surface area contributed by atoms with Crippen LogP contribution in [-0.4, -0.2) is 49.7 Å². The molecule has 0 aliphatic carbocycles. The predicted molar refractivity (Wildman–Crippen MR) is 111 cm³/mol. The van der Waals surface area contributed by atoms with Gasteiger partial charge in [0.1, 0.15) is 5.82 Å². The van der Waals surface area contributed by atoms with E-state index >= 15 is 0 Å². The Morgan fingerprint density at radius 1 is 0.714 bits per heavy atom. The third-order valence-electron chi connectivity index (χ3n) is 3.98. The first kappa shape index (κ1) is 26.0. The minimum atomic E-state index is -4.50. The molecule has 0 amide bonds. The topological polar surface area (TPSA) is 146 Å². The molecular formula is C19H14F4N4O6S2. The van der Waals surface area contributed by atoms with Crippen LogP contribution in [0.3, 0.4) is 0 Å². The first-order valence-electron chi connectivity index (χ1n) is 9.15. The zero-order valence-corrected chi connectivity index (χ0v) is 19.3. The van der Waals surface area contributed by atoms with Gasteiger partial charge in [-0.3, -0.25) is 0 Å². The summed E-state index contributed by atoms with van der Waals surface area (Å²) in [6, 6.07) is 9.47. The molecule has 0 saturated heterocycles. The largest absolute Gasteiger partial charge is 0.416 e. The van der Waals surface area contributed by atoms with E-state index in [9.17, 15) is 34.4 Å². The fourth-order valence-electron chi connectivity index (χ4n) is 2.37. The van der Waals surface area contributed by atoms with E-state index in [1.54, 1.807) is 0 Å². The van der Waals surface area contributed by atoms with Crippen LogP contribution in [0.1, 0.15) is 5.56 Å². The number of halogens is 4. The smallest absolute Gasteiger partial charge is 0.408 e. The number of sulfone groups is 2. The Balaban J connectivity index is 0.000000198. The van der Waals surface area contributed by atoms with Crippen molar-refractivity contribution < 1.29 is 43.2 Å². The summed E-state index contributed by atoms with van der Waals surface area (Å²) in [7, 11) is -7.20. The van der Waals surface area contributed by atoms with Gasteiger partial charge in [0.05, 0.1) is 5.56 Å². The van der Waals surface area contributed by atoms with E-state index in [2.05, 4.69) is 20.4 Å². The van der Waals surface area contributed by atoms with E-state index in [0.29, 0.717) is 5.56 Å². The van der Waals surface area contributed by atoms with E-state index in [0.717, 1.165) is 24.6 Å². The summed E-state index contributed by atoms with van der Waals surface area (Å²) in [5.74, 6) is -0.640. The van der Waals surface area contributed by atoms with Gasteiger partial charge in [-0.1, -0.05) is 16.3 Å². The zero-order valence-electron chi connectivity index (χ0n) is 17.7. The Hall–Kier alpha value is -3.66. The molecule has 0 unspecified atom stereocenters. The van der Waals surface area contributed by atoms with Gasteiger partial charge in [0.25, 0.3) is 0 Å². The average molecular weight is 534 g/mol. The van der Waals surface area contributed by atoms with E-state index in [1.165, 1.54) is 36.4 Å². The third-order valence-corrected chi connectivity index (χ3v) is 5.57. The lowest BCUT2D eigenvalue weighted by Gasteiger charge is -2.06. The number of aromatic nitrogens is 4. The van der Waals surface area contributed by atoms with Gasteiger partial charge in [-0.25, -0.2) is 21.2 Å². The summed E-state index contributed by atoms with van der Waals surface area (Å²) >= 11 is 0. The highest BCUT2D eigenvalue weighted by atomic mass is 32.2. The zero-order chi connectivity index (χ0) is 26.0. The average Bonchev–Trinajstić information content (AvgIpc) is 3.44. The molecule has 2 heterocycles.